The van der Waals surface area contributed by atoms with Crippen LogP contribution >= 0.6 is 0 Å². The molecule has 0 saturated carbocycles. The maximum atomic E-state index is 2.50. The van der Waals surface area contributed by atoms with Gasteiger partial charge in [-0.25, -0.2) is 0 Å². The maximum absolute atomic E-state index is 2.50. The summed E-state index contributed by atoms with van der Waals surface area (Å²) in [6, 6.07) is 101. The highest BCUT2D eigenvalue weighted by Crippen LogP contribution is 2.62. The summed E-state index contributed by atoms with van der Waals surface area (Å²) in [4.78, 5) is 0. The smallest absolute Gasteiger partial charge is 0.0000653 e. The molecule has 0 nitrogen and oxygen atoms in total. The second-order valence-corrected chi connectivity index (χ2v) is 21.6. The van der Waals surface area contributed by atoms with E-state index in [0.29, 0.717) is 0 Å². The summed E-state index contributed by atoms with van der Waals surface area (Å²) in [7, 11) is 0. The highest BCUT2D eigenvalue weighted by Gasteiger charge is 2.37. The number of hydrogen-bond acceptors (Lipinski definition) is 0. The molecule has 0 amide bonds. The van der Waals surface area contributed by atoms with Gasteiger partial charge < -0.3 is 0 Å². The zero-order valence-corrected chi connectivity index (χ0v) is 42.8. The zero-order chi connectivity index (χ0) is 51.0. The Labute approximate surface area is 454 Å². The number of fused-ring (bicyclic) bond motifs is 6. The summed E-state index contributed by atoms with van der Waals surface area (Å²) < 4.78 is 0. The molecule has 78 heavy (non-hydrogen) atoms. The van der Waals surface area contributed by atoms with Crippen LogP contribution in [-0.2, 0) is 6.42 Å². The van der Waals surface area contributed by atoms with Crippen molar-refractivity contribution in [3.63, 3.8) is 0 Å². The molecule has 0 atom stereocenters. The first-order chi connectivity index (χ1) is 38.8. The van der Waals surface area contributed by atoms with Gasteiger partial charge in [0.15, 0.2) is 0 Å². The molecule has 0 aromatic heterocycles. The lowest BCUT2D eigenvalue weighted by Gasteiger charge is -2.28. The Morgan fingerprint density at radius 3 is 1.12 bits per heavy atom. The second kappa shape index (κ2) is 16.8. The van der Waals surface area contributed by atoms with Crippen LogP contribution in [0.3, 0.4) is 0 Å². The highest BCUT2D eigenvalue weighted by molar-refractivity contribution is 6.31. The van der Waals surface area contributed by atoms with Gasteiger partial charge >= 0.3 is 0 Å². The fourth-order valence-electron chi connectivity index (χ4n) is 14.6. The van der Waals surface area contributed by atoms with Crippen LogP contribution in [0, 0.1) is 0 Å². The Bertz CT molecular complexity index is 4780. The Kier molecular flexibility index (Phi) is 9.35. The normalized spacial score (nSPS) is 13.4. The second-order valence-electron chi connectivity index (χ2n) is 21.6. The molecule has 0 saturated heterocycles. The highest BCUT2D eigenvalue weighted by atomic mass is 14.4. The van der Waals surface area contributed by atoms with Crippen LogP contribution in [-0.4, -0.2) is 0 Å². The standard InChI is InChI=1S/C78H48/c1-5-21-47(22-6-1)53-29-13-15-31-55(53)73-59-35-19-17-33-57(59)69(49-25-9-3-10-26-49)67-46-68(73)64-42-41-61-62-43-44-66-76-65(40-38-52(72(62)76)45-51-37-39-63(67)74(64)71(51)61)78-75(56-32-16-14-30-54(56)48-23-7-2-8-24-48)60-36-20-18-34-58(60)70(77(66)78)50-27-11-4-12-28-50/h1-44H,45-46H2. The minimum Gasteiger partial charge on any atom is -0.0622 e. The first kappa shape index (κ1) is 43.4. The molecule has 13 aromatic rings. The molecular weight excluding hydrogens is 937 g/mol. The van der Waals surface area contributed by atoms with Crippen LogP contribution in [0.4, 0.5) is 0 Å². The Morgan fingerprint density at radius 2 is 0.538 bits per heavy atom. The van der Waals surface area contributed by atoms with Gasteiger partial charge in [-0.3, -0.25) is 0 Å². The van der Waals surface area contributed by atoms with E-state index in [1.807, 2.05) is 0 Å². The topological polar surface area (TPSA) is 0 Å². The Hall–Kier alpha value is -9.88. The monoisotopic (exact) mass is 984 g/mol. The third-order valence-electron chi connectivity index (χ3n) is 17.7. The van der Waals surface area contributed by atoms with Gasteiger partial charge in [0.2, 0.25) is 0 Å². The first-order valence-corrected chi connectivity index (χ1v) is 27.5. The largest absolute Gasteiger partial charge is 0.0622 e. The molecule has 0 heterocycles. The van der Waals surface area contributed by atoms with Crippen molar-refractivity contribution in [3.8, 4) is 77.9 Å². The average Bonchev–Trinajstić information content (AvgIpc) is 3.89. The zero-order valence-electron chi connectivity index (χ0n) is 42.8. The Balaban J connectivity index is 0.974. The molecule has 0 spiro atoms. The number of benzene rings is 13. The number of rotatable bonds is 6. The van der Waals surface area contributed by atoms with Crippen molar-refractivity contribution in [2.24, 2.45) is 0 Å². The van der Waals surface area contributed by atoms with E-state index in [1.165, 1.54) is 177 Å². The lowest BCUT2D eigenvalue weighted by atomic mass is 9.75. The molecule has 2 bridgehead atoms. The van der Waals surface area contributed by atoms with Gasteiger partial charge in [-0.15, -0.1) is 0 Å². The lowest BCUT2D eigenvalue weighted by Crippen LogP contribution is -2.05. The van der Waals surface area contributed by atoms with Gasteiger partial charge in [0.1, 0.15) is 0 Å². The Morgan fingerprint density at radius 1 is 0.179 bits per heavy atom. The summed E-state index contributed by atoms with van der Waals surface area (Å²) in [5.41, 5.74) is 33.9. The number of hydrogen-bond donors (Lipinski definition) is 0. The van der Waals surface area contributed by atoms with E-state index in [2.05, 4.69) is 267 Å². The van der Waals surface area contributed by atoms with Gasteiger partial charge in [-0.05, 0) is 190 Å². The summed E-state index contributed by atoms with van der Waals surface area (Å²) in [5, 5.41) is 8.04. The minimum absolute atomic E-state index is 0.826. The van der Waals surface area contributed by atoms with E-state index in [4.69, 9.17) is 0 Å². The molecule has 0 heteroatoms. The average molecular weight is 985 g/mol. The van der Waals surface area contributed by atoms with E-state index >= 15 is 0 Å². The molecule has 4 aliphatic carbocycles. The van der Waals surface area contributed by atoms with Crippen LogP contribution < -0.4 is 0 Å². The fraction of sp³-hybridized carbons (Fsp3) is 0.0256. The molecule has 13 aromatic carbocycles. The van der Waals surface area contributed by atoms with Crippen molar-refractivity contribution < 1.29 is 0 Å². The number of allylic oxidation sites excluding steroid dienone is 2. The van der Waals surface area contributed by atoms with Crippen molar-refractivity contribution in [2.75, 3.05) is 0 Å². The van der Waals surface area contributed by atoms with Gasteiger partial charge in [-0.2, -0.15) is 0 Å². The molecule has 0 unspecified atom stereocenters. The molecule has 0 radical (unpaired) electrons. The summed E-state index contributed by atoms with van der Waals surface area (Å²) >= 11 is 0. The SMILES string of the molecule is c1ccc(C2=C3CC(=C(c4ccccc4-c4ccccc4)c4ccccc42)c2ccc4c5c(ccc3c25)Cc2ccc3c5c(ccc-4c25)-c2c-3c(-c3ccccc3-c3ccccc3)c3ccccc3c2-c2ccccc2)cc1. The van der Waals surface area contributed by atoms with Crippen molar-refractivity contribution in [1.29, 1.82) is 0 Å². The van der Waals surface area contributed by atoms with E-state index in [9.17, 15) is 0 Å². The van der Waals surface area contributed by atoms with Gasteiger partial charge in [-0.1, -0.05) is 267 Å². The molecule has 0 N–H and O–H groups in total. The molecule has 0 aliphatic heterocycles. The molecule has 4 aliphatic rings. The van der Waals surface area contributed by atoms with E-state index in [-0.39, 0.29) is 0 Å². The third kappa shape index (κ3) is 6.12. The van der Waals surface area contributed by atoms with Crippen LogP contribution in [0.5, 0.6) is 0 Å². The van der Waals surface area contributed by atoms with Crippen molar-refractivity contribution in [2.45, 2.75) is 12.8 Å². The first-order valence-electron chi connectivity index (χ1n) is 27.5. The lowest BCUT2D eigenvalue weighted by molar-refractivity contribution is 1.24. The maximum Gasteiger partial charge on any atom is -0.0000653 e. The van der Waals surface area contributed by atoms with E-state index < -0.39 is 0 Å². The van der Waals surface area contributed by atoms with Crippen molar-refractivity contribution >= 4 is 54.6 Å². The minimum atomic E-state index is 0.826. The molecule has 0 fully saturated rings. The van der Waals surface area contributed by atoms with E-state index in [0.717, 1.165) is 12.8 Å². The van der Waals surface area contributed by atoms with Crippen molar-refractivity contribution in [1.82, 2.24) is 0 Å². The van der Waals surface area contributed by atoms with E-state index in [1.54, 1.807) is 0 Å². The van der Waals surface area contributed by atoms with Crippen LogP contribution in [0.25, 0.3) is 132 Å². The fourth-order valence-corrected chi connectivity index (χ4v) is 14.6. The van der Waals surface area contributed by atoms with Crippen LogP contribution in [0.15, 0.2) is 267 Å². The van der Waals surface area contributed by atoms with Gasteiger partial charge in [0.25, 0.3) is 0 Å². The van der Waals surface area contributed by atoms with Crippen molar-refractivity contribution in [3.05, 3.63) is 311 Å². The predicted molar refractivity (Wildman–Crippen MR) is 329 cm³/mol. The summed E-state index contributed by atoms with van der Waals surface area (Å²) in [6.07, 6.45) is 1.66. The summed E-state index contributed by atoms with van der Waals surface area (Å²) in [6.45, 7) is 0. The van der Waals surface area contributed by atoms with Crippen LogP contribution in [0.2, 0.25) is 0 Å². The molecule has 17 rings (SSSR count). The molecule has 360 valence electrons. The van der Waals surface area contributed by atoms with Gasteiger partial charge in [0.05, 0.1) is 0 Å². The predicted octanol–water partition coefficient (Wildman–Crippen LogP) is 20.7. The third-order valence-corrected chi connectivity index (χ3v) is 17.7. The van der Waals surface area contributed by atoms with Gasteiger partial charge in [0, 0.05) is 0 Å². The quantitative estimate of drug-likeness (QED) is 0.156. The summed E-state index contributed by atoms with van der Waals surface area (Å²) in [5.74, 6) is 0. The van der Waals surface area contributed by atoms with Crippen LogP contribution in [0.1, 0.15) is 50.9 Å². The molecular formula is C78H48.